The molecule has 4 heterocycles. The molecule has 0 spiro atoms. The Morgan fingerprint density at radius 1 is 1.25 bits per heavy atom. The maximum atomic E-state index is 13.4. The van der Waals surface area contributed by atoms with E-state index in [-0.39, 0.29) is 11.5 Å². The second kappa shape index (κ2) is 7.88. The second-order valence-corrected chi connectivity index (χ2v) is 9.51. The summed E-state index contributed by atoms with van der Waals surface area (Å²) in [5.74, 6) is 2.49. The second-order valence-electron chi connectivity index (χ2n) is 6.61. The van der Waals surface area contributed by atoms with Gasteiger partial charge in [-0.15, -0.1) is 0 Å². The largest absolute Gasteiger partial charge is 0.354 e. The van der Waals surface area contributed by atoms with Crippen molar-refractivity contribution in [1.82, 2.24) is 14.3 Å². The highest BCUT2D eigenvalue weighted by Gasteiger charge is 2.32. The average Bonchev–Trinajstić information content (AvgIpc) is 2.97. The third kappa shape index (κ3) is 3.46. The summed E-state index contributed by atoms with van der Waals surface area (Å²) in [6.07, 6.45) is 3.46. The van der Waals surface area contributed by atoms with Gasteiger partial charge < -0.3 is 4.90 Å². The number of fused-ring (bicyclic) bond motifs is 1. The van der Waals surface area contributed by atoms with Crippen LogP contribution in [0.2, 0.25) is 0 Å². The predicted octanol–water partition coefficient (Wildman–Crippen LogP) is 2.78. The number of likely N-dealkylation sites (N-methyl/N-ethyl adjacent to an activating group) is 1. The lowest BCUT2D eigenvalue weighted by Gasteiger charge is -2.28. The molecule has 2 fully saturated rings. The van der Waals surface area contributed by atoms with Crippen molar-refractivity contribution in [2.45, 2.75) is 13.8 Å². The van der Waals surface area contributed by atoms with Crippen LogP contribution in [-0.2, 0) is 4.79 Å². The molecule has 6 nitrogen and oxygen atoms in total. The lowest BCUT2D eigenvalue weighted by Crippen LogP contribution is -2.36. The van der Waals surface area contributed by atoms with Crippen LogP contribution in [0, 0.1) is 6.92 Å². The first-order valence-corrected chi connectivity index (χ1v) is 11.5. The quantitative estimate of drug-likeness (QED) is 0.546. The molecule has 0 atom stereocenters. The fraction of sp³-hybridized carbons (Fsp3) is 0.368. The summed E-state index contributed by atoms with van der Waals surface area (Å²) in [5, 5.41) is 0. The van der Waals surface area contributed by atoms with Gasteiger partial charge in [0.25, 0.3) is 11.5 Å². The van der Waals surface area contributed by atoms with E-state index in [2.05, 4.69) is 4.90 Å². The molecule has 2 aliphatic heterocycles. The molecule has 0 bridgehead atoms. The highest BCUT2D eigenvalue weighted by atomic mass is 32.2. The van der Waals surface area contributed by atoms with Crippen LogP contribution < -0.4 is 10.5 Å². The standard InChI is InChI=1S/C19H20N4O2S3/c1-3-22-18(25)14(28-19(22)26)10-13-16(21-6-8-27-9-7-21)20-15-5-4-12(2)11-23(15)17(13)24/h4-5,10-11H,3,6-9H2,1-2H3. The lowest BCUT2D eigenvalue weighted by atomic mass is 10.2. The number of pyridine rings is 1. The monoisotopic (exact) mass is 432 g/mol. The van der Waals surface area contributed by atoms with Crippen LogP contribution in [0.1, 0.15) is 18.1 Å². The Labute approximate surface area is 177 Å². The van der Waals surface area contributed by atoms with Gasteiger partial charge in [0.2, 0.25) is 0 Å². The van der Waals surface area contributed by atoms with Crippen molar-refractivity contribution in [1.29, 1.82) is 0 Å². The highest BCUT2D eigenvalue weighted by molar-refractivity contribution is 8.26. The van der Waals surface area contributed by atoms with E-state index in [4.69, 9.17) is 17.2 Å². The maximum Gasteiger partial charge on any atom is 0.267 e. The summed E-state index contributed by atoms with van der Waals surface area (Å²) in [6, 6.07) is 3.81. The summed E-state index contributed by atoms with van der Waals surface area (Å²) < 4.78 is 2.09. The van der Waals surface area contributed by atoms with Crippen LogP contribution in [0.15, 0.2) is 28.0 Å². The molecule has 2 saturated heterocycles. The van der Waals surface area contributed by atoms with Gasteiger partial charge >= 0.3 is 0 Å². The third-order valence-corrected chi connectivity index (χ3v) is 7.08. The van der Waals surface area contributed by atoms with Gasteiger partial charge in [-0.3, -0.25) is 18.9 Å². The average molecular weight is 433 g/mol. The fourth-order valence-corrected chi connectivity index (χ4v) is 5.56. The summed E-state index contributed by atoms with van der Waals surface area (Å²) in [5.41, 5.74) is 1.87. The first kappa shape index (κ1) is 19.5. The van der Waals surface area contributed by atoms with E-state index < -0.39 is 0 Å². The van der Waals surface area contributed by atoms with Crippen LogP contribution >= 0.6 is 35.7 Å². The molecule has 0 N–H and O–H groups in total. The van der Waals surface area contributed by atoms with Gasteiger partial charge in [-0.2, -0.15) is 11.8 Å². The highest BCUT2D eigenvalue weighted by Crippen LogP contribution is 2.33. The summed E-state index contributed by atoms with van der Waals surface area (Å²) in [6.45, 7) is 6.01. The number of carbonyl (C=O) groups is 1. The molecule has 0 aromatic carbocycles. The molecule has 146 valence electrons. The van der Waals surface area contributed by atoms with Gasteiger partial charge in [-0.05, 0) is 31.6 Å². The Morgan fingerprint density at radius 2 is 2.00 bits per heavy atom. The number of thiocarbonyl (C=S) groups is 1. The molecular weight excluding hydrogens is 412 g/mol. The van der Waals surface area contributed by atoms with Gasteiger partial charge in [0.1, 0.15) is 15.8 Å². The molecule has 9 heteroatoms. The number of rotatable bonds is 3. The van der Waals surface area contributed by atoms with Crippen LogP contribution in [0.3, 0.4) is 0 Å². The van der Waals surface area contributed by atoms with Gasteiger partial charge in [0.05, 0.1) is 10.5 Å². The Kier molecular flexibility index (Phi) is 5.48. The van der Waals surface area contributed by atoms with Crippen molar-refractivity contribution >= 4 is 63.5 Å². The van der Waals surface area contributed by atoms with E-state index in [0.29, 0.717) is 32.8 Å². The number of hydrogen-bond acceptors (Lipinski definition) is 7. The van der Waals surface area contributed by atoms with Gasteiger partial charge in [-0.1, -0.05) is 30.0 Å². The Balaban J connectivity index is 1.91. The zero-order valence-corrected chi connectivity index (χ0v) is 18.1. The summed E-state index contributed by atoms with van der Waals surface area (Å²) in [4.78, 5) is 35.0. The SMILES string of the molecule is CCN1C(=O)C(=Cc2c(N3CCSCC3)nc3ccc(C)cn3c2=O)SC1=S. The smallest absolute Gasteiger partial charge is 0.267 e. The van der Waals surface area contributed by atoms with Crippen LogP contribution in [0.4, 0.5) is 5.82 Å². The number of aromatic nitrogens is 2. The van der Waals surface area contributed by atoms with E-state index in [1.807, 2.05) is 37.7 Å². The van der Waals surface area contributed by atoms with Crippen molar-refractivity contribution in [2.24, 2.45) is 0 Å². The first-order chi connectivity index (χ1) is 13.5. The minimum absolute atomic E-state index is 0.147. The van der Waals surface area contributed by atoms with Gasteiger partial charge in [0.15, 0.2) is 0 Å². The maximum absolute atomic E-state index is 13.4. The Hall–Kier alpha value is -1.84. The number of anilines is 1. The van der Waals surface area contributed by atoms with E-state index in [1.54, 1.807) is 21.6 Å². The molecule has 0 saturated carbocycles. The molecule has 4 rings (SSSR count). The molecule has 2 aliphatic rings. The Morgan fingerprint density at radius 3 is 2.68 bits per heavy atom. The zero-order valence-electron chi connectivity index (χ0n) is 15.7. The van der Waals surface area contributed by atoms with E-state index in [9.17, 15) is 9.59 Å². The minimum atomic E-state index is -0.163. The molecule has 0 aliphatic carbocycles. The number of carbonyl (C=O) groups excluding carboxylic acids is 1. The summed E-state index contributed by atoms with van der Waals surface area (Å²) in [7, 11) is 0. The van der Waals surface area contributed by atoms with E-state index in [1.165, 1.54) is 11.8 Å². The van der Waals surface area contributed by atoms with Crippen molar-refractivity contribution in [3.8, 4) is 0 Å². The van der Waals surface area contributed by atoms with Crippen LogP contribution in [0.5, 0.6) is 0 Å². The molecule has 28 heavy (non-hydrogen) atoms. The van der Waals surface area contributed by atoms with Crippen LogP contribution in [0.25, 0.3) is 11.7 Å². The zero-order chi connectivity index (χ0) is 19.8. The fourth-order valence-electron chi connectivity index (χ4n) is 3.29. The molecular formula is C19H20N4O2S3. The predicted molar refractivity (Wildman–Crippen MR) is 121 cm³/mol. The number of aryl methyl sites for hydroxylation is 1. The number of thioether (sulfide) groups is 2. The third-order valence-electron chi connectivity index (χ3n) is 4.76. The van der Waals surface area contributed by atoms with Crippen LogP contribution in [-0.4, -0.2) is 55.7 Å². The lowest BCUT2D eigenvalue weighted by molar-refractivity contribution is -0.121. The minimum Gasteiger partial charge on any atom is -0.354 e. The number of hydrogen-bond donors (Lipinski definition) is 0. The molecule has 2 aromatic rings. The number of nitrogens with zero attached hydrogens (tertiary/aromatic N) is 4. The van der Waals surface area contributed by atoms with E-state index in [0.717, 1.165) is 30.2 Å². The first-order valence-electron chi connectivity index (χ1n) is 9.10. The molecule has 2 aromatic heterocycles. The van der Waals surface area contributed by atoms with Crippen molar-refractivity contribution in [2.75, 3.05) is 36.0 Å². The van der Waals surface area contributed by atoms with E-state index >= 15 is 0 Å². The molecule has 0 unspecified atom stereocenters. The van der Waals surface area contributed by atoms with Crippen molar-refractivity contribution < 1.29 is 4.79 Å². The van der Waals surface area contributed by atoms with Crippen molar-refractivity contribution in [3.05, 3.63) is 44.7 Å². The number of amides is 1. The van der Waals surface area contributed by atoms with Gasteiger partial charge in [0, 0.05) is 37.3 Å². The topological polar surface area (TPSA) is 57.9 Å². The van der Waals surface area contributed by atoms with Gasteiger partial charge in [-0.25, -0.2) is 4.98 Å². The normalized spacial score (nSPS) is 19.3. The molecule has 1 amide bonds. The van der Waals surface area contributed by atoms with Crippen molar-refractivity contribution in [3.63, 3.8) is 0 Å². The Bertz CT molecular complexity index is 1060. The summed E-state index contributed by atoms with van der Waals surface area (Å²) >= 11 is 8.45. The molecule has 0 radical (unpaired) electrons.